The lowest BCUT2D eigenvalue weighted by Gasteiger charge is -1.92. The van der Waals surface area contributed by atoms with Crippen LogP contribution in [-0.4, -0.2) is 10.1 Å². The van der Waals surface area contributed by atoms with Gasteiger partial charge in [-0.3, -0.25) is 0 Å². The van der Waals surface area contributed by atoms with Gasteiger partial charge in [0.25, 0.3) is 0 Å². The monoisotopic (exact) mass is 215 g/mol. The van der Waals surface area contributed by atoms with Crippen molar-refractivity contribution in [1.29, 1.82) is 0 Å². The van der Waals surface area contributed by atoms with Crippen molar-refractivity contribution < 1.29 is 5.11 Å². The summed E-state index contributed by atoms with van der Waals surface area (Å²) in [5.41, 5.74) is 1.78. The summed E-state index contributed by atoms with van der Waals surface area (Å²) in [6.07, 6.45) is 0. The molecule has 15 heavy (non-hydrogen) atoms. The van der Waals surface area contributed by atoms with Crippen LogP contribution in [0.2, 0.25) is 0 Å². The van der Waals surface area contributed by atoms with Crippen molar-refractivity contribution in [2.45, 2.75) is 0 Å². The van der Waals surface area contributed by atoms with Gasteiger partial charge in [0.05, 0.1) is 10.6 Å². The zero-order chi connectivity index (χ0) is 10.3. The highest BCUT2D eigenvalue weighted by atomic mass is 32.1. The molecule has 0 aliphatic rings. The van der Waals surface area contributed by atoms with Crippen LogP contribution in [-0.2, 0) is 0 Å². The van der Waals surface area contributed by atoms with E-state index in [2.05, 4.69) is 4.98 Å². The van der Waals surface area contributed by atoms with Gasteiger partial charge < -0.3 is 10.1 Å². The molecule has 1 aromatic carbocycles. The number of benzene rings is 1. The summed E-state index contributed by atoms with van der Waals surface area (Å²) in [5.74, 6) is 0.341. The van der Waals surface area contributed by atoms with Gasteiger partial charge in [0, 0.05) is 10.9 Å². The number of rotatable bonds is 1. The number of fused-ring (bicyclic) bond motifs is 1. The van der Waals surface area contributed by atoms with Crippen molar-refractivity contribution >= 4 is 22.2 Å². The first-order valence-electron chi connectivity index (χ1n) is 4.70. The molecule has 0 aliphatic carbocycles. The summed E-state index contributed by atoms with van der Waals surface area (Å²) in [4.78, 5) is 4.29. The Labute approximate surface area is 90.8 Å². The van der Waals surface area contributed by atoms with Crippen LogP contribution < -0.4 is 0 Å². The molecule has 0 spiro atoms. The molecule has 0 amide bonds. The van der Waals surface area contributed by atoms with Gasteiger partial charge in [-0.2, -0.15) is 0 Å². The minimum atomic E-state index is 0.341. The molecule has 0 fully saturated rings. The molecule has 2 aromatic heterocycles. The van der Waals surface area contributed by atoms with Gasteiger partial charge in [0.2, 0.25) is 0 Å². The van der Waals surface area contributed by atoms with Crippen LogP contribution in [0.1, 0.15) is 0 Å². The Morgan fingerprint density at radius 1 is 1.07 bits per heavy atom. The van der Waals surface area contributed by atoms with Crippen LogP contribution in [0, 0.1) is 0 Å². The van der Waals surface area contributed by atoms with Gasteiger partial charge in [0.15, 0.2) is 0 Å². The summed E-state index contributed by atoms with van der Waals surface area (Å²) in [7, 11) is 0. The van der Waals surface area contributed by atoms with E-state index in [1.807, 2.05) is 41.8 Å². The zero-order valence-electron chi connectivity index (χ0n) is 7.90. The Morgan fingerprint density at radius 3 is 2.67 bits per heavy atom. The largest absolute Gasteiger partial charge is 0.505 e. The lowest BCUT2D eigenvalue weighted by Crippen LogP contribution is -1.70. The van der Waals surface area contributed by atoms with E-state index >= 15 is 0 Å². The van der Waals surface area contributed by atoms with Crippen LogP contribution in [0.25, 0.3) is 21.5 Å². The second-order valence-electron chi connectivity index (χ2n) is 3.37. The van der Waals surface area contributed by atoms with Crippen molar-refractivity contribution in [3.63, 3.8) is 0 Å². The fourth-order valence-corrected chi connectivity index (χ4v) is 2.45. The van der Waals surface area contributed by atoms with Gasteiger partial charge in [-0.1, -0.05) is 18.2 Å². The zero-order valence-corrected chi connectivity index (χ0v) is 8.71. The molecule has 0 unspecified atom stereocenters. The van der Waals surface area contributed by atoms with Crippen molar-refractivity contribution in [2.75, 3.05) is 0 Å². The summed E-state index contributed by atoms with van der Waals surface area (Å²) < 4.78 is 0. The molecule has 0 atom stereocenters. The van der Waals surface area contributed by atoms with Crippen LogP contribution >= 0.6 is 11.3 Å². The van der Waals surface area contributed by atoms with Crippen molar-refractivity contribution in [2.24, 2.45) is 0 Å². The van der Waals surface area contributed by atoms with E-state index in [4.69, 9.17) is 0 Å². The molecular weight excluding hydrogens is 206 g/mol. The van der Waals surface area contributed by atoms with Gasteiger partial charge >= 0.3 is 0 Å². The van der Waals surface area contributed by atoms with Crippen LogP contribution in [0.15, 0.2) is 41.8 Å². The van der Waals surface area contributed by atoms with E-state index in [0.29, 0.717) is 5.75 Å². The number of aromatic hydroxyl groups is 1. The third-order valence-electron chi connectivity index (χ3n) is 2.45. The minimum Gasteiger partial charge on any atom is -0.505 e. The van der Waals surface area contributed by atoms with Crippen molar-refractivity contribution in [3.05, 3.63) is 41.8 Å². The number of nitrogens with one attached hydrogen (secondary N) is 1. The number of H-pyrrole nitrogens is 1. The standard InChI is InChI=1S/C12H9NOS/c14-12-8-4-1-2-5-9(8)13-11(12)10-6-3-7-15-10/h1-7,13-14H. The third-order valence-corrected chi connectivity index (χ3v) is 3.33. The number of hydrogen-bond acceptors (Lipinski definition) is 2. The predicted octanol–water partition coefficient (Wildman–Crippen LogP) is 3.60. The number of para-hydroxylation sites is 1. The molecule has 3 rings (SSSR count). The molecule has 2 nitrogen and oxygen atoms in total. The first-order chi connectivity index (χ1) is 7.36. The van der Waals surface area contributed by atoms with Crippen molar-refractivity contribution in [1.82, 2.24) is 4.98 Å². The maximum Gasteiger partial charge on any atom is 0.149 e. The average molecular weight is 215 g/mol. The van der Waals surface area contributed by atoms with Crippen LogP contribution in [0.3, 0.4) is 0 Å². The van der Waals surface area contributed by atoms with Crippen LogP contribution in [0.5, 0.6) is 5.75 Å². The summed E-state index contributed by atoms with van der Waals surface area (Å²) in [6.45, 7) is 0. The molecule has 3 heteroatoms. The van der Waals surface area contributed by atoms with Crippen LogP contribution in [0.4, 0.5) is 0 Å². The third kappa shape index (κ3) is 1.24. The second kappa shape index (κ2) is 3.14. The molecule has 0 aliphatic heterocycles. The van der Waals surface area contributed by atoms with Gasteiger partial charge in [-0.05, 0) is 23.6 Å². The highest BCUT2D eigenvalue weighted by Gasteiger charge is 2.11. The topological polar surface area (TPSA) is 36.0 Å². The maximum atomic E-state index is 10.0. The Morgan fingerprint density at radius 2 is 1.93 bits per heavy atom. The number of thiophene rings is 1. The molecule has 2 heterocycles. The molecule has 0 saturated carbocycles. The van der Waals surface area contributed by atoms with E-state index in [0.717, 1.165) is 21.5 Å². The number of aromatic amines is 1. The number of hydrogen-bond donors (Lipinski definition) is 2. The molecule has 0 radical (unpaired) electrons. The SMILES string of the molecule is Oc1c(-c2cccs2)[nH]c2ccccc12. The fourth-order valence-electron chi connectivity index (χ4n) is 1.73. The molecule has 74 valence electrons. The van der Waals surface area contributed by atoms with E-state index in [1.165, 1.54) is 0 Å². The highest BCUT2D eigenvalue weighted by Crippen LogP contribution is 2.37. The van der Waals surface area contributed by atoms with E-state index < -0.39 is 0 Å². The predicted molar refractivity (Wildman–Crippen MR) is 63.3 cm³/mol. The summed E-state index contributed by atoms with van der Waals surface area (Å²) in [5, 5.41) is 12.9. The smallest absolute Gasteiger partial charge is 0.149 e. The summed E-state index contributed by atoms with van der Waals surface area (Å²) >= 11 is 1.61. The van der Waals surface area contributed by atoms with Gasteiger partial charge in [0.1, 0.15) is 5.75 Å². The Bertz CT molecular complexity index is 595. The maximum absolute atomic E-state index is 10.0. The van der Waals surface area contributed by atoms with E-state index in [1.54, 1.807) is 11.3 Å². The minimum absolute atomic E-state index is 0.341. The molecular formula is C12H9NOS. The van der Waals surface area contributed by atoms with Crippen molar-refractivity contribution in [3.8, 4) is 16.3 Å². The van der Waals surface area contributed by atoms with E-state index in [9.17, 15) is 5.11 Å². The Hall–Kier alpha value is -1.74. The molecule has 0 saturated heterocycles. The Balaban J connectivity index is 2.33. The summed E-state index contributed by atoms with van der Waals surface area (Å²) in [6, 6.07) is 11.7. The van der Waals surface area contributed by atoms with Gasteiger partial charge in [-0.25, -0.2) is 0 Å². The lowest BCUT2D eigenvalue weighted by atomic mass is 10.2. The normalized spacial score (nSPS) is 10.9. The lowest BCUT2D eigenvalue weighted by molar-refractivity contribution is 0.484. The van der Waals surface area contributed by atoms with E-state index in [-0.39, 0.29) is 0 Å². The first kappa shape index (κ1) is 8.56. The molecule has 2 N–H and O–H groups in total. The fraction of sp³-hybridized carbons (Fsp3) is 0. The highest BCUT2D eigenvalue weighted by molar-refractivity contribution is 7.13. The first-order valence-corrected chi connectivity index (χ1v) is 5.58. The number of aromatic nitrogens is 1. The Kier molecular flexibility index (Phi) is 1.79. The molecule has 0 bridgehead atoms. The average Bonchev–Trinajstić information content (AvgIpc) is 2.87. The second-order valence-corrected chi connectivity index (χ2v) is 4.32. The molecule has 3 aromatic rings. The quantitative estimate of drug-likeness (QED) is 0.639. The van der Waals surface area contributed by atoms with Gasteiger partial charge in [-0.15, -0.1) is 11.3 Å².